The fraction of sp³-hybridized carbons (Fsp3) is 0.875. The van der Waals surface area contributed by atoms with Crippen molar-refractivity contribution in [3.63, 3.8) is 0 Å². The van der Waals surface area contributed by atoms with Crippen LogP contribution in [0.25, 0.3) is 0 Å². The summed E-state index contributed by atoms with van der Waals surface area (Å²) in [5, 5.41) is 9.46. The molecule has 2 rings (SSSR count). The molecule has 126 valence electrons. The number of likely N-dealkylation sites (N-methyl/N-ethyl adjacent to an activating group) is 1. The maximum absolute atomic E-state index is 13.1. The first kappa shape index (κ1) is 17.2. The number of hydrogen-bond acceptors (Lipinski definition) is 4. The second-order valence-corrected chi connectivity index (χ2v) is 6.62. The summed E-state index contributed by atoms with van der Waals surface area (Å²) < 4.78 is 0. The summed E-state index contributed by atoms with van der Waals surface area (Å²) in [6.07, 6.45) is 4.49. The van der Waals surface area contributed by atoms with Gasteiger partial charge in [-0.15, -0.1) is 0 Å². The highest BCUT2D eigenvalue weighted by molar-refractivity contribution is 5.90. The number of nitrogens with zero attached hydrogens (tertiary/aromatic N) is 1. The molecule has 2 fully saturated rings. The number of nitrogens with one attached hydrogen (secondary N) is 3. The lowest BCUT2D eigenvalue weighted by atomic mass is 9.99. The Kier molecular flexibility index (Phi) is 5.45. The Hall–Kier alpha value is -1.14. The molecule has 4 atom stereocenters. The predicted octanol–water partition coefficient (Wildman–Crippen LogP) is 0.580. The summed E-state index contributed by atoms with van der Waals surface area (Å²) in [5.74, 6) is -0.0426. The Labute approximate surface area is 133 Å². The minimum atomic E-state index is -0.406. The van der Waals surface area contributed by atoms with Gasteiger partial charge in [-0.25, -0.2) is 0 Å². The average Bonchev–Trinajstić information content (AvgIpc) is 2.83. The van der Waals surface area contributed by atoms with Crippen LogP contribution in [0.1, 0.15) is 52.9 Å². The lowest BCUT2D eigenvalue weighted by Gasteiger charge is -2.44. The van der Waals surface area contributed by atoms with E-state index in [9.17, 15) is 9.59 Å². The SMILES string of the molecule is CCC12CCC(C)N1C(=O)[C@@H](NC(=O)[C@H](C)NC)CCCN2. The zero-order valence-electron chi connectivity index (χ0n) is 14.2. The summed E-state index contributed by atoms with van der Waals surface area (Å²) in [4.78, 5) is 27.2. The van der Waals surface area contributed by atoms with Gasteiger partial charge in [0, 0.05) is 6.04 Å². The first-order valence-corrected chi connectivity index (χ1v) is 8.51. The van der Waals surface area contributed by atoms with Gasteiger partial charge in [0.2, 0.25) is 11.8 Å². The van der Waals surface area contributed by atoms with Crippen molar-refractivity contribution in [1.29, 1.82) is 0 Å². The van der Waals surface area contributed by atoms with E-state index in [1.165, 1.54) is 0 Å². The molecule has 0 saturated carbocycles. The van der Waals surface area contributed by atoms with Crippen molar-refractivity contribution in [3.8, 4) is 0 Å². The van der Waals surface area contributed by atoms with E-state index in [2.05, 4.69) is 29.8 Å². The van der Waals surface area contributed by atoms with Crippen LogP contribution in [0.2, 0.25) is 0 Å². The van der Waals surface area contributed by atoms with Gasteiger partial charge in [0.05, 0.1) is 11.7 Å². The van der Waals surface area contributed by atoms with Crippen molar-refractivity contribution in [3.05, 3.63) is 0 Å². The van der Waals surface area contributed by atoms with Gasteiger partial charge in [-0.05, 0) is 59.5 Å². The van der Waals surface area contributed by atoms with Gasteiger partial charge >= 0.3 is 0 Å². The number of amides is 2. The van der Waals surface area contributed by atoms with Gasteiger partial charge in [0.1, 0.15) is 6.04 Å². The second kappa shape index (κ2) is 6.96. The topological polar surface area (TPSA) is 73.5 Å². The van der Waals surface area contributed by atoms with E-state index < -0.39 is 6.04 Å². The maximum atomic E-state index is 13.1. The summed E-state index contributed by atoms with van der Waals surface area (Å²) in [6.45, 7) is 6.93. The third-order valence-electron chi connectivity index (χ3n) is 5.26. The fourth-order valence-corrected chi connectivity index (χ4v) is 3.67. The van der Waals surface area contributed by atoms with E-state index in [-0.39, 0.29) is 29.6 Å². The molecule has 2 unspecified atom stereocenters. The van der Waals surface area contributed by atoms with Crippen molar-refractivity contribution < 1.29 is 9.59 Å². The molecule has 0 radical (unpaired) electrons. The van der Waals surface area contributed by atoms with Crippen molar-refractivity contribution in [2.45, 2.75) is 76.7 Å². The van der Waals surface area contributed by atoms with Gasteiger partial charge in [0.15, 0.2) is 0 Å². The number of carbonyl (C=O) groups is 2. The average molecular weight is 310 g/mol. The fourth-order valence-electron chi connectivity index (χ4n) is 3.67. The predicted molar refractivity (Wildman–Crippen MR) is 86.3 cm³/mol. The van der Waals surface area contributed by atoms with Crippen LogP contribution in [-0.4, -0.2) is 54.1 Å². The Morgan fingerprint density at radius 1 is 1.50 bits per heavy atom. The van der Waals surface area contributed by atoms with Crippen LogP contribution in [-0.2, 0) is 9.59 Å². The molecule has 2 aliphatic rings. The first-order valence-electron chi connectivity index (χ1n) is 8.51. The Morgan fingerprint density at radius 2 is 2.23 bits per heavy atom. The van der Waals surface area contributed by atoms with Gasteiger partial charge in [-0.1, -0.05) is 6.92 Å². The van der Waals surface area contributed by atoms with Crippen molar-refractivity contribution in [2.75, 3.05) is 13.6 Å². The molecular weight excluding hydrogens is 280 g/mol. The van der Waals surface area contributed by atoms with Crippen LogP contribution in [0.15, 0.2) is 0 Å². The summed E-state index contributed by atoms with van der Waals surface area (Å²) in [6, 6.07) is -0.473. The molecule has 6 nitrogen and oxygen atoms in total. The zero-order chi connectivity index (χ0) is 16.3. The van der Waals surface area contributed by atoms with E-state index >= 15 is 0 Å². The third-order valence-corrected chi connectivity index (χ3v) is 5.26. The standard InChI is InChI=1S/C16H30N4O2/c1-5-16-9-8-11(2)20(16)15(22)13(7-6-10-18-16)19-14(21)12(3)17-4/h11-13,17-18H,5-10H2,1-4H3,(H,19,21)/t11?,12-,13-,16?/m0/s1. The first-order chi connectivity index (χ1) is 10.4. The van der Waals surface area contributed by atoms with Crippen LogP contribution in [0, 0.1) is 0 Å². The maximum Gasteiger partial charge on any atom is 0.246 e. The van der Waals surface area contributed by atoms with E-state index in [4.69, 9.17) is 0 Å². The lowest BCUT2D eigenvalue weighted by Crippen LogP contribution is -2.64. The molecule has 2 saturated heterocycles. The molecule has 2 aliphatic heterocycles. The molecule has 3 N–H and O–H groups in total. The number of fused-ring (bicyclic) bond motifs is 1. The summed E-state index contributed by atoms with van der Waals surface area (Å²) in [5.41, 5.74) is -0.228. The summed E-state index contributed by atoms with van der Waals surface area (Å²) in [7, 11) is 1.75. The van der Waals surface area contributed by atoms with Crippen LogP contribution in [0.5, 0.6) is 0 Å². The van der Waals surface area contributed by atoms with Crippen molar-refractivity contribution in [2.24, 2.45) is 0 Å². The normalized spacial score (nSPS) is 33.8. The summed E-state index contributed by atoms with van der Waals surface area (Å²) >= 11 is 0. The molecule has 2 heterocycles. The third kappa shape index (κ3) is 3.13. The monoisotopic (exact) mass is 310 g/mol. The molecule has 22 heavy (non-hydrogen) atoms. The molecule has 0 aromatic rings. The highest BCUT2D eigenvalue weighted by atomic mass is 16.2. The molecule has 0 aliphatic carbocycles. The Balaban J connectivity index is 2.19. The molecule has 2 amide bonds. The molecule has 0 aromatic heterocycles. The van der Waals surface area contributed by atoms with Crippen LogP contribution in [0.3, 0.4) is 0 Å². The zero-order valence-corrected chi connectivity index (χ0v) is 14.2. The molecule has 0 aromatic carbocycles. The Morgan fingerprint density at radius 3 is 2.86 bits per heavy atom. The minimum Gasteiger partial charge on any atom is -0.343 e. The molecule has 6 heteroatoms. The highest BCUT2D eigenvalue weighted by Gasteiger charge is 2.48. The Bertz CT molecular complexity index is 428. The molecular formula is C16H30N4O2. The van der Waals surface area contributed by atoms with Crippen LogP contribution >= 0.6 is 0 Å². The quantitative estimate of drug-likeness (QED) is 0.710. The molecule has 0 spiro atoms. The number of rotatable bonds is 4. The minimum absolute atomic E-state index is 0.0655. The largest absolute Gasteiger partial charge is 0.343 e. The van der Waals surface area contributed by atoms with Crippen LogP contribution < -0.4 is 16.0 Å². The van der Waals surface area contributed by atoms with E-state index in [1.54, 1.807) is 14.0 Å². The van der Waals surface area contributed by atoms with Gasteiger partial charge in [-0.2, -0.15) is 0 Å². The second-order valence-electron chi connectivity index (χ2n) is 6.62. The lowest BCUT2D eigenvalue weighted by molar-refractivity contribution is -0.145. The van der Waals surface area contributed by atoms with Crippen molar-refractivity contribution in [1.82, 2.24) is 20.9 Å². The van der Waals surface area contributed by atoms with Crippen LogP contribution in [0.4, 0.5) is 0 Å². The van der Waals surface area contributed by atoms with E-state index in [0.717, 1.165) is 32.2 Å². The highest BCUT2D eigenvalue weighted by Crippen LogP contribution is 2.36. The molecule has 0 bridgehead atoms. The van der Waals surface area contributed by atoms with Gasteiger partial charge in [-0.3, -0.25) is 14.9 Å². The van der Waals surface area contributed by atoms with Crippen molar-refractivity contribution >= 4 is 11.8 Å². The number of carbonyl (C=O) groups excluding carboxylic acids is 2. The van der Waals surface area contributed by atoms with E-state index in [0.29, 0.717) is 6.42 Å². The number of hydrogen-bond donors (Lipinski definition) is 3. The van der Waals surface area contributed by atoms with Gasteiger partial charge < -0.3 is 15.5 Å². The smallest absolute Gasteiger partial charge is 0.246 e. The van der Waals surface area contributed by atoms with Gasteiger partial charge in [0.25, 0.3) is 0 Å². The van der Waals surface area contributed by atoms with E-state index in [1.807, 2.05) is 4.90 Å².